The Bertz CT molecular complexity index is 432. The molecule has 0 heterocycles. The van der Waals surface area contributed by atoms with E-state index in [2.05, 4.69) is 30.4 Å². The highest BCUT2D eigenvalue weighted by atomic mass is 32.2. The summed E-state index contributed by atoms with van der Waals surface area (Å²) in [6.45, 7) is 7.74. The molecule has 0 saturated heterocycles. The van der Waals surface area contributed by atoms with E-state index in [1.165, 1.54) is 11.1 Å². The summed E-state index contributed by atoms with van der Waals surface area (Å²) in [7, 11) is 0. The molecule has 1 rings (SSSR count). The van der Waals surface area contributed by atoms with Gasteiger partial charge in [-0.15, -0.1) is 11.8 Å². The van der Waals surface area contributed by atoms with Gasteiger partial charge in [-0.3, -0.25) is 4.79 Å². The first kappa shape index (κ1) is 16.1. The Labute approximate surface area is 119 Å². The topological polar surface area (TPSA) is 49.3 Å². The molecular weight excluding hydrogens is 258 g/mol. The van der Waals surface area contributed by atoms with Gasteiger partial charge in [0.25, 0.3) is 0 Å². The van der Waals surface area contributed by atoms with Crippen molar-refractivity contribution >= 4 is 17.7 Å². The maximum absolute atomic E-state index is 11.8. The zero-order chi connectivity index (χ0) is 14.4. The number of aliphatic hydroxyl groups excluding tert-OH is 1. The van der Waals surface area contributed by atoms with Crippen LogP contribution < -0.4 is 5.32 Å². The number of aliphatic hydroxyl groups is 1. The molecular formula is C15H23NO2S. The average molecular weight is 281 g/mol. The molecule has 2 unspecified atom stereocenters. The van der Waals surface area contributed by atoms with Crippen LogP contribution in [0.4, 0.5) is 0 Å². The summed E-state index contributed by atoms with van der Waals surface area (Å²) < 4.78 is 0. The van der Waals surface area contributed by atoms with Crippen molar-refractivity contribution in [3.05, 3.63) is 29.3 Å². The van der Waals surface area contributed by atoms with E-state index in [0.29, 0.717) is 12.2 Å². The van der Waals surface area contributed by atoms with Gasteiger partial charge in [0.05, 0.1) is 11.9 Å². The number of aryl methyl sites for hydroxylation is 2. The summed E-state index contributed by atoms with van der Waals surface area (Å²) in [5.74, 6) is 0.424. The minimum atomic E-state index is -0.387. The van der Waals surface area contributed by atoms with E-state index in [-0.39, 0.29) is 18.1 Å². The van der Waals surface area contributed by atoms with Crippen molar-refractivity contribution in [2.24, 2.45) is 0 Å². The van der Waals surface area contributed by atoms with Gasteiger partial charge in [-0.05, 0) is 45.7 Å². The van der Waals surface area contributed by atoms with Crippen molar-refractivity contribution in [3.8, 4) is 0 Å². The molecule has 1 aromatic rings. The predicted octanol–water partition coefficient (Wildman–Crippen LogP) is 2.67. The van der Waals surface area contributed by atoms with Crippen LogP contribution in [0.1, 0.15) is 31.4 Å². The molecule has 19 heavy (non-hydrogen) atoms. The van der Waals surface area contributed by atoms with E-state index >= 15 is 0 Å². The van der Waals surface area contributed by atoms with Crippen molar-refractivity contribution in [1.29, 1.82) is 0 Å². The van der Waals surface area contributed by atoms with Gasteiger partial charge in [0, 0.05) is 10.9 Å². The van der Waals surface area contributed by atoms with E-state index in [1.807, 2.05) is 13.8 Å². The number of hydrogen-bond donors (Lipinski definition) is 2. The second-order valence-electron chi connectivity index (χ2n) is 5.11. The van der Waals surface area contributed by atoms with Gasteiger partial charge in [0.1, 0.15) is 0 Å². The summed E-state index contributed by atoms with van der Waals surface area (Å²) in [6.07, 6.45) is 0.196. The number of amides is 1. The molecule has 3 nitrogen and oxygen atoms in total. The van der Waals surface area contributed by atoms with Gasteiger partial charge < -0.3 is 10.4 Å². The highest BCUT2D eigenvalue weighted by Crippen LogP contribution is 2.23. The number of nitrogens with one attached hydrogen (secondary N) is 1. The smallest absolute Gasteiger partial charge is 0.230 e. The Morgan fingerprint density at radius 1 is 1.37 bits per heavy atom. The summed E-state index contributed by atoms with van der Waals surface area (Å²) in [5, 5.41) is 12.1. The molecule has 0 aliphatic carbocycles. The minimum Gasteiger partial charge on any atom is -0.393 e. The Kier molecular flexibility index (Phi) is 6.38. The molecule has 0 aliphatic rings. The molecule has 0 aromatic heterocycles. The van der Waals surface area contributed by atoms with E-state index in [9.17, 15) is 9.90 Å². The van der Waals surface area contributed by atoms with Crippen LogP contribution in [0.2, 0.25) is 0 Å². The number of benzene rings is 1. The number of hydrogen-bond acceptors (Lipinski definition) is 3. The number of rotatable bonds is 6. The lowest BCUT2D eigenvalue weighted by Crippen LogP contribution is -2.35. The third-order valence-electron chi connectivity index (χ3n) is 2.80. The molecule has 0 bridgehead atoms. The third-order valence-corrected chi connectivity index (χ3v) is 3.96. The van der Waals surface area contributed by atoms with Crippen LogP contribution in [0.15, 0.2) is 23.1 Å². The lowest BCUT2D eigenvalue weighted by molar-refractivity contribution is -0.119. The van der Waals surface area contributed by atoms with Crippen molar-refractivity contribution in [3.63, 3.8) is 0 Å². The second kappa shape index (κ2) is 7.56. The Balaban J connectivity index is 2.43. The zero-order valence-electron chi connectivity index (χ0n) is 12.1. The molecule has 0 aliphatic heterocycles. The van der Waals surface area contributed by atoms with Crippen LogP contribution in [-0.2, 0) is 4.79 Å². The molecule has 0 saturated carbocycles. The fraction of sp³-hybridized carbons (Fsp3) is 0.533. The van der Waals surface area contributed by atoms with Crippen LogP contribution in [0.5, 0.6) is 0 Å². The van der Waals surface area contributed by atoms with Crippen molar-refractivity contribution in [2.75, 3.05) is 5.75 Å². The largest absolute Gasteiger partial charge is 0.393 e. The molecule has 4 heteroatoms. The monoisotopic (exact) mass is 281 g/mol. The average Bonchev–Trinajstić information content (AvgIpc) is 2.29. The quantitative estimate of drug-likeness (QED) is 0.788. The third kappa shape index (κ3) is 6.12. The normalized spacial score (nSPS) is 13.9. The number of carbonyl (C=O) groups is 1. The molecule has 2 atom stereocenters. The van der Waals surface area contributed by atoms with Crippen LogP contribution in [0, 0.1) is 13.8 Å². The molecule has 0 spiro atoms. The first-order chi connectivity index (χ1) is 8.88. The van der Waals surface area contributed by atoms with Gasteiger partial charge in [-0.25, -0.2) is 0 Å². The fourth-order valence-electron chi connectivity index (χ4n) is 1.89. The maximum atomic E-state index is 11.8. The van der Waals surface area contributed by atoms with Crippen LogP contribution >= 0.6 is 11.8 Å². The first-order valence-electron chi connectivity index (χ1n) is 6.56. The summed E-state index contributed by atoms with van der Waals surface area (Å²) >= 11 is 1.56. The molecule has 2 N–H and O–H groups in total. The number of thioether (sulfide) groups is 1. The van der Waals surface area contributed by atoms with Gasteiger partial charge in [0.15, 0.2) is 0 Å². The second-order valence-corrected chi connectivity index (χ2v) is 6.13. The van der Waals surface area contributed by atoms with Crippen LogP contribution in [-0.4, -0.2) is 28.9 Å². The predicted molar refractivity (Wildman–Crippen MR) is 80.5 cm³/mol. The lowest BCUT2D eigenvalue weighted by Gasteiger charge is -2.15. The Morgan fingerprint density at radius 2 is 2.05 bits per heavy atom. The summed E-state index contributed by atoms with van der Waals surface area (Å²) in [4.78, 5) is 12.9. The summed E-state index contributed by atoms with van der Waals surface area (Å²) in [6, 6.07) is 6.26. The minimum absolute atomic E-state index is 0.00621. The summed E-state index contributed by atoms with van der Waals surface area (Å²) in [5.41, 5.74) is 2.40. The van der Waals surface area contributed by atoms with Gasteiger partial charge in [0.2, 0.25) is 5.91 Å². The van der Waals surface area contributed by atoms with E-state index < -0.39 is 0 Å². The van der Waals surface area contributed by atoms with Crippen molar-refractivity contribution in [2.45, 2.75) is 51.2 Å². The Morgan fingerprint density at radius 3 is 2.68 bits per heavy atom. The van der Waals surface area contributed by atoms with E-state index in [1.54, 1.807) is 18.7 Å². The first-order valence-corrected chi connectivity index (χ1v) is 7.54. The molecule has 1 aromatic carbocycles. The molecule has 0 fully saturated rings. The van der Waals surface area contributed by atoms with Gasteiger partial charge in [-0.1, -0.05) is 17.7 Å². The van der Waals surface area contributed by atoms with E-state index in [4.69, 9.17) is 0 Å². The van der Waals surface area contributed by atoms with Crippen LogP contribution in [0.3, 0.4) is 0 Å². The highest BCUT2D eigenvalue weighted by molar-refractivity contribution is 8.00. The van der Waals surface area contributed by atoms with E-state index in [0.717, 1.165) is 4.90 Å². The highest BCUT2D eigenvalue weighted by Gasteiger charge is 2.10. The fourth-order valence-corrected chi connectivity index (χ4v) is 2.83. The zero-order valence-corrected chi connectivity index (χ0v) is 12.9. The maximum Gasteiger partial charge on any atom is 0.230 e. The standard InChI is InChI=1S/C15H23NO2S/c1-10-5-6-11(2)14(7-10)19-9-15(18)16-12(3)8-13(4)17/h5-7,12-13,17H,8-9H2,1-4H3,(H,16,18). The van der Waals surface area contributed by atoms with Gasteiger partial charge in [-0.2, -0.15) is 0 Å². The SMILES string of the molecule is Cc1ccc(C)c(SCC(=O)NC(C)CC(C)O)c1. The molecule has 1 amide bonds. The van der Waals surface area contributed by atoms with Crippen LogP contribution in [0.25, 0.3) is 0 Å². The molecule has 0 radical (unpaired) electrons. The van der Waals surface area contributed by atoms with Gasteiger partial charge >= 0.3 is 0 Å². The Hall–Kier alpha value is -1.00. The molecule has 106 valence electrons. The lowest BCUT2D eigenvalue weighted by atomic mass is 10.1. The van der Waals surface area contributed by atoms with Crippen molar-refractivity contribution in [1.82, 2.24) is 5.32 Å². The van der Waals surface area contributed by atoms with Crippen molar-refractivity contribution < 1.29 is 9.90 Å². The number of carbonyl (C=O) groups excluding carboxylic acids is 1.